The van der Waals surface area contributed by atoms with Crippen molar-refractivity contribution in [3.8, 4) is 5.75 Å². The molecule has 0 saturated carbocycles. The molecule has 0 radical (unpaired) electrons. The smallest absolute Gasteiger partial charge is 0.341 e. The van der Waals surface area contributed by atoms with E-state index in [1.165, 1.54) is 0 Å². The Balaban J connectivity index is 1.71. The molecule has 29 heavy (non-hydrogen) atoms. The average molecular weight is 395 g/mol. The molecular weight excluding hydrogens is 370 g/mol. The lowest BCUT2D eigenvalue weighted by Gasteiger charge is -2.38. The highest BCUT2D eigenvalue weighted by Crippen LogP contribution is 2.34. The van der Waals surface area contributed by atoms with Crippen LogP contribution < -0.4 is 9.80 Å². The molecule has 0 aliphatic carbocycles. The number of aryl methyl sites for hydroxylation is 2. The minimum absolute atomic E-state index is 0.280. The number of rotatable bonds is 4. The minimum Gasteiger partial charge on any atom is -0.506 e. The van der Waals surface area contributed by atoms with Crippen molar-refractivity contribution < 1.29 is 14.6 Å². The van der Waals surface area contributed by atoms with Crippen molar-refractivity contribution in [2.24, 2.45) is 7.05 Å². The van der Waals surface area contributed by atoms with Gasteiger partial charge in [0.1, 0.15) is 11.3 Å². The van der Waals surface area contributed by atoms with Gasteiger partial charge in [-0.3, -0.25) is 4.68 Å². The van der Waals surface area contributed by atoms with Gasteiger partial charge >= 0.3 is 5.97 Å². The van der Waals surface area contributed by atoms with E-state index in [2.05, 4.69) is 19.9 Å². The predicted octanol–water partition coefficient (Wildman–Crippen LogP) is 2.49. The molecule has 2 aromatic heterocycles. The van der Waals surface area contributed by atoms with Gasteiger partial charge in [-0.2, -0.15) is 5.10 Å². The first kappa shape index (κ1) is 19.0. The molecule has 0 bridgehead atoms. The summed E-state index contributed by atoms with van der Waals surface area (Å²) < 4.78 is 7.02. The number of pyridine rings is 1. The van der Waals surface area contributed by atoms with E-state index in [9.17, 15) is 9.90 Å². The predicted molar refractivity (Wildman–Crippen MR) is 112 cm³/mol. The number of phenols is 1. The molecule has 1 saturated heterocycles. The molecular formula is C21H25N5O3. The molecule has 152 valence electrons. The standard InChI is InChI=1S/C21H25N5O3/c1-4-29-21(28)15-13-22-20-18(14(2)23-24(20)3)19(15)26-11-9-25(10-12-26)16-7-5-6-8-17(16)27/h5-8,13,27H,4,9-12H2,1-3H3. The van der Waals surface area contributed by atoms with Gasteiger partial charge in [-0.25, -0.2) is 9.78 Å². The van der Waals surface area contributed by atoms with Crippen LogP contribution in [0.5, 0.6) is 5.75 Å². The summed E-state index contributed by atoms with van der Waals surface area (Å²) in [5.74, 6) is -0.0918. The van der Waals surface area contributed by atoms with Gasteiger partial charge in [0, 0.05) is 39.4 Å². The minimum atomic E-state index is -0.372. The number of carbonyl (C=O) groups is 1. The second kappa shape index (κ2) is 7.62. The van der Waals surface area contributed by atoms with E-state index in [0.717, 1.165) is 41.2 Å². The Morgan fingerprint density at radius 2 is 1.86 bits per heavy atom. The molecule has 1 aliphatic heterocycles. The van der Waals surface area contributed by atoms with E-state index in [1.54, 1.807) is 23.9 Å². The molecule has 8 heteroatoms. The summed E-state index contributed by atoms with van der Waals surface area (Å²) in [7, 11) is 1.85. The lowest BCUT2D eigenvalue weighted by Crippen LogP contribution is -2.47. The van der Waals surface area contributed by atoms with Gasteiger partial charge in [0.25, 0.3) is 0 Å². The molecule has 3 aromatic rings. The second-order valence-electron chi connectivity index (χ2n) is 7.11. The normalized spacial score (nSPS) is 14.4. The highest BCUT2D eigenvalue weighted by atomic mass is 16.5. The Morgan fingerprint density at radius 1 is 1.17 bits per heavy atom. The molecule has 0 atom stereocenters. The van der Waals surface area contributed by atoms with Gasteiger partial charge in [-0.15, -0.1) is 0 Å². The van der Waals surface area contributed by atoms with Crippen molar-refractivity contribution in [3.05, 3.63) is 41.7 Å². The van der Waals surface area contributed by atoms with E-state index < -0.39 is 0 Å². The van der Waals surface area contributed by atoms with E-state index in [-0.39, 0.29) is 11.7 Å². The molecule has 1 aromatic carbocycles. The van der Waals surface area contributed by atoms with Crippen molar-refractivity contribution in [1.82, 2.24) is 14.8 Å². The highest BCUT2D eigenvalue weighted by molar-refractivity contribution is 6.05. The summed E-state index contributed by atoms with van der Waals surface area (Å²) in [4.78, 5) is 21.5. The van der Waals surface area contributed by atoms with Crippen LogP contribution in [0.3, 0.4) is 0 Å². The zero-order chi connectivity index (χ0) is 20.5. The molecule has 4 rings (SSSR count). The van der Waals surface area contributed by atoms with Crippen LogP contribution in [-0.4, -0.2) is 58.6 Å². The number of fused-ring (bicyclic) bond motifs is 1. The number of aromatic nitrogens is 3. The third kappa shape index (κ3) is 3.35. The Bertz CT molecular complexity index is 1050. The number of esters is 1. The van der Waals surface area contributed by atoms with Crippen LogP contribution in [0.2, 0.25) is 0 Å². The summed E-state index contributed by atoms with van der Waals surface area (Å²) >= 11 is 0. The van der Waals surface area contributed by atoms with Crippen LogP contribution in [0.1, 0.15) is 23.0 Å². The van der Waals surface area contributed by atoms with Crippen LogP contribution in [0.4, 0.5) is 11.4 Å². The lowest BCUT2D eigenvalue weighted by atomic mass is 10.1. The monoisotopic (exact) mass is 395 g/mol. The molecule has 1 N–H and O–H groups in total. The van der Waals surface area contributed by atoms with Crippen molar-refractivity contribution in [2.75, 3.05) is 42.6 Å². The Labute approximate surface area is 169 Å². The van der Waals surface area contributed by atoms with Crippen LogP contribution in [0.15, 0.2) is 30.5 Å². The summed E-state index contributed by atoms with van der Waals surface area (Å²) in [6.07, 6.45) is 1.59. The highest BCUT2D eigenvalue weighted by Gasteiger charge is 2.27. The Morgan fingerprint density at radius 3 is 2.55 bits per heavy atom. The fraction of sp³-hybridized carbons (Fsp3) is 0.381. The van der Waals surface area contributed by atoms with Crippen molar-refractivity contribution in [3.63, 3.8) is 0 Å². The van der Waals surface area contributed by atoms with E-state index in [0.29, 0.717) is 25.3 Å². The number of benzene rings is 1. The molecule has 0 amide bonds. The third-order valence-corrected chi connectivity index (χ3v) is 5.31. The fourth-order valence-corrected chi connectivity index (χ4v) is 3.98. The third-order valence-electron chi connectivity index (χ3n) is 5.31. The van der Waals surface area contributed by atoms with Gasteiger partial charge < -0.3 is 19.6 Å². The maximum Gasteiger partial charge on any atom is 0.341 e. The zero-order valence-corrected chi connectivity index (χ0v) is 16.9. The van der Waals surface area contributed by atoms with Gasteiger partial charge in [0.15, 0.2) is 5.65 Å². The number of aromatic hydroxyl groups is 1. The van der Waals surface area contributed by atoms with Crippen LogP contribution in [-0.2, 0) is 11.8 Å². The number of para-hydroxylation sites is 2. The number of piperazine rings is 1. The Kier molecular flexibility index (Phi) is 5.00. The summed E-state index contributed by atoms with van der Waals surface area (Å²) in [6, 6.07) is 7.36. The molecule has 0 spiro atoms. The molecule has 3 heterocycles. The number of nitrogens with zero attached hydrogens (tertiary/aromatic N) is 5. The first-order valence-electron chi connectivity index (χ1n) is 9.78. The topological polar surface area (TPSA) is 83.7 Å². The molecule has 1 aliphatic rings. The van der Waals surface area contributed by atoms with Crippen molar-refractivity contribution in [1.29, 1.82) is 0 Å². The maximum absolute atomic E-state index is 12.6. The van der Waals surface area contributed by atoms with Crippen LogP contribution in [0, 0.1) is 6.92 Å². The first-order valence-corrected chi connectivity index (χ1v) is 9.78. The van der Waals surface area contributed by atoms with Gasteiger partial charge in [0.05, 0.1) is 29.1 Å². The fourth-order valence-electron chi connectivity index (χ4n) is 3.98. The average Bonchev–Trinajstić information content (AvgIpc) is 3.02. The van der Waals surface area contributed by atoms with E-state index in [4.69, 9.17) is 4.74 Å². The van der Waals surface area contributed by atoms with Crippen LogP contribution >= 0.6 is 0 Å². The second-order valence-corrected chi connectivity index (χ2v) is 7.11. The number of carbonyl (C=O) groups excluding carboxylic acids is 1. The molecule has 8 nitrogen and oxygen atoms in total. The number of phenolic OH excluding ortho intramolecular Hbond substituents is 1. The number of hydrogen-bond donors (Lipinski definition) is 1. The summed E-state index contributed by atoms with van der Waals surface area (Å²) in [5.41, 5.74) is 3.70. The molecule has 1 fully saturated rings. The number of anilines is 2. The van der Waals surface area contributed by atoms with Crippen molar-refractivity contribution in [2.45, 2.75) is 13.8 Å². The Hall–Kier alpha value is -3.29. The van der Waals surface area contributed by atoms with Gasteiger partial charge in [-0.1, -0.05) is 12.1 Å². The SMILES string of the molecule is CCOC(=O)c1cnc2c(c(C)nn2C)c1N1CCN(c2ccccc2O)CC1. The lowest BCUT2D eigenvalue weighted by molar-refractivity contribution is 0.0526. The first-order chi connectivity index (χ1) is 14.0. The van der Waals surface area contributed by atoms with Gasteiger partial charge in [0.2, 0.25) is 0 Å². The van der Waals surface area contributed by atoms with Gasteiger partial charge in [-0.05, 0) is 26.0 Å². The zero-order valence-electron chi connectivity index (χ0n) is 16.9. The number of hydrogen-bond acceptors (Lipinski definition) is 7. The maximum atomic E-state index is 12.6. The number of ether oxygens (including phenoxy) is 1. The van der Waals surface area contributed by atoms with Crippen LogP contribution in [0.25, 0.3) is 11.0 Å². The van der Waals surface area contributed by atoms with E-state index in [1.807, 2.05) is 32.2 Å². The molecule has 0 unspecified atom stereocenters. The van der Waals surface area contributed by atoms with E-state index >= 15 is 0 Å². The summed E-state index contributed by atoms with van der Waals surface area (Å²) in [5, 5.41) is 15.5. The summed E-state index contributed by atoms with van der Waals surface area (Å²) in [6.45, 7) is 6.89. The van der Waals surface area contributed by atoms with Crippen molar-refractivity contribution >= 4 is 28.4 Å². The quantitative estimate of drug-likeness (QED) is 0.680. The largest absolute Gasteiger partial charge is 0.506 e.